The van der Waals surface area contributed by atoms with Crippen LogP contribution in [0.3, 0.4) is 0 Å². The molecule has 2 heteroatoms. The van der Waals surface area contributed by atoms with Gasteiger partial charge in [0.05, 0.1) is 6.61 Å². The van der Waals surface area contributed by atoms with Crippen LogP contribution < -0.4 is 4.74 Å². The lowest BCUT2D eigenvalue weighted by Gasteiger charge is -2.10. The molecule has 2 aromatic carbocycles. The summed E-state index contributed by atoms with van der Waals surface area (Å²) in [6.07, 6.45) is 1.96. The maximum atomic E-state index is 5.68. The van der Waals surface area contributed by atoms with Gasteiger partial charge in [-0.1, -0.05) is 24.3 Å². The molecule has 1 heterocycles. The van der Waals surface area contributed by atoms with E-state index < -0.39 is 0 Å². The lowest BCUT2D eigenvalue weighted by Crippen LogP contribution is -1.93. The molecule has 0 saturated heterocycles. The summed E-state index contributed by atoms with van der Waals surface area (Å²) in [5.74, 6) is 0.940. The van der Waals surface area contributed by atoms with Crippen molar-refractivity contribution in [1.82, 2.24) is 4.98 Å². The Kier molecular flexibility index (Phi) is 2.77. The molecule has 0 aliphatic heterocycles. The smallest absolute Gasteiger partial charge is 0.127 e. The van der Waals surface area contributed by atoms with Gasteiger partial charge in [-0.3, -0.25) is 0 Å². The number of hydrogen-bond donors (Lipinski definition) is 1. The van der Waals surface area contributed by atoms with Crippen LogP contribution in [0.2, 0.25) is 0 Å². The van der Waals surface area contributed by atoms with Gasteiger partial charge in [0.1, 0.15) is 5.75 Å². The number of nitrogens with one attached hydrogen (secondary N) is 1. The minimum atomic E-state index is 0.684. The average molecular weight is 237 g/mol. The molecule has 0 atom stereocenters. The highest BCUT2D eigenvalue weighted by Crippen LogP contribution is 2.31. The number of benzene rings is 2. The number of ether oxygens (including phenoxy) is 1. The van der Waals surface area contributed by atoms with Crippen molar-refractivity contribution in [1.29, 1.82) is 0 Å². The average Bonchev–Trinajstić information content (AvgIpc) is 2.87. The molecule has 0 unspecified atom stereocenters. The van der Waals surface area contributed by atoms with E-state index in [-0.39, 0.29) is 0 Å². The zero-order valence-corrected chi connectivity index (χ0v) is 10.3. The van der Waals surface area contributed by atoms with E-state index in [9.17, 15) is 0 Å². The van der Waals surface area contributed by atoms with E-state index in [1.165, 1.54) is 10.9 Å². The number of aromatic amines is 1. The molecule has 0 radical (unpaired) electrons. The Morgan fingerprint density at radius 2 is 1.94 bits per heavy atom. The van der Waals surface area contributed by atoms with Crippen LogP contribution in [-0.2, 0) is 0 Å². The molecule has 2 nitrogen and oxygen atoms in total. The van der Waals surface area contributed by atoms with Gasteiger partial charge in [0, 0.05) is 17.3 Å². The van der Waals surface area contributed by atoms with Crippen LogP contribution in [0.4, 0.5) is 0 Å². The number of aromatic nitrogens is 1. The number of para-hydroxylation sites is 1. The number of fused-ring (bicyclic) bond motifs is 1. The van der Waals surface area contributed by atoms with Crippen LogP contribution in [0.1, 0.15) is 6.92 Å². The molecule has 0 aliphatic carbocycles. The fourth-order valence-corrected chi connectivity index (χ4v) is 2.21. The Morgan fingerprint density at radius 3 is 2.83 bits per heavy atom. The van der Waals surface area contributed by atoms with Crippen molar-refractivity contribution >= 4 is 10.9 Å². The summed E-state index contributed by atoms with van der Waals surface area (Å²) in [4.78, 5) is 3.21. The van der Waals surface area contributed by atoms with Gasteiger partial charge < -0.3 is 9.72 Å². The van der Waals surface area contributed by atoms with Crippen molar-refractivity contribution in [3.63, 3.8) is 0 Å². The highest BCUT2D eigenvalue weighted by molar-refractivity contribution is 5.86. The zero-order valence-electron chi connectivity index (χ0n) is 10.3. The molecule has 0 spiro atoms. The van der Waals surface area contributed by atoms with E-state index in [0.717, 1.165) is 16.8 Å². The molecular formula is C16H15NO. The largest absolute Gasteiger partial charge is 0.493 e. The quantitative estimate of drug-likeness (QED) is 0.724. The van der Waals surface area contributed by atoms with Gasteiger partial charge in [0.15, 0.2) is 0 Å². The maximum Gasteiger partial charge on any atom is 0.127 e. The molecule has 18 heavy (non-hydrogen) atoms. The summed E-state index contributed by atoms with van der Waals surface area (Å²) in [7, 11) is 0. The van der Waals surface area contributed by atoms with Gasteiger partial charge in [-0.25, -0.2) is 0 Å². The SMILES string of the molecule is CCOc1ccccc1-c1ccc2[nH]ccc2c1. The first-order valence-electron chi connectivity index (χ1n) is 6.18. The molecule has 0 bridgehead atoms. The van der Waals surface area contributed by atoms with Crippen LogP contribution in [0, 0.1) is 0 Å². The molecule has 0 aliphatic rings. The Labute approximate surface area is 106 Å². The predicted octanol–water partition coefficient (Wildman–Crippen LogP) is 4.23. The zero-order chi connectivity index (χ0) is 12.4. The normalized spacial score (nSPS) is 10.7. The highest BCUT2D eigenvalue weighted by Gasteiger charge is 2.06. The minimum absolute atomic E-state index is 0.684. The number of H-pyrrole nitrogens is 1. The lowest BCUT2D eigenvalue weighted by molar-refractivity contribution is 0.341. The van der Waals surface area contributed by atoms with E-state index in [4.69, 9.17) is 4.74 Å². The van der Waals surface area contributed by atoms with Gasteiger partial charge in [-0.15, -0.1) is 0 Å². The fraction of sp³-hybridized carbons (Fsp3) is 0.125. The molecular weight excluding hydrogens is 222 g/mol. The first-order valence-corrected chi connectivity index (χ1v) is 6.18. The third kappa shape index (κ3) is 1.86. The number of rotatable bonds is 3. The topological polar surface area (TPSA) is 25.0 Å². The van der Waals surface area contributed by atoms with Gasteiger partial charge >= 0.3 is 0 Å². The maximum absolute atomic E-state index is 5.68. The molecule has 1 N–H and O–H groups in total. The first-order chi connectivity index (χ1) is 8.88. The number of hydrogen-bond acceptors (Lipinski definition) is 1. The third-order valence-corrected chi connectivity index (χ3v) is 3.05. The third-order valence-electron chi connectivity index (χ3n) is 3.05. The van der Waals surface area contributed by atoms with Crippen LogP contribution in [0.25, 0.3) is 22.0 Å². The lowest BCUT2D eigenvalue weighted by atomic mass is 10.0. The monoisotopic (exact) mass is 237 g/mol. The molecule has 0 amide bonds. The molecule has 3 aromatic rings. The first kappa shape index (κ1) is 10.9. The van der Waals surface area contributed by atoms with Crippen LogP contribution in [0.15, 0.2) is 54.7 Å². The van der Waals surface area contributed by atoms with Crippen molar-refractivity contribution in [3.05, 3.63) is 54.7 Å². The summed E-state index contributed by atoms with van der Waals surface area (Å²) >= 11 is 0. The second-order valence-electron chi connectivity index (χ2n) is 4.21. The molecule has 3 rings (SSSR count). The van der Waals surface area contributed by atoms with Crippen LogP contribution >= 0.6 is 0 Å². The van der Waals surface area contributed by atoms with Gasteiger partial charge in [-0.05, 0) is 42.1 Å². The summed E-state index contributed by atoms with van der Waals surface area (Å²) in [6, 6.07) is 16.7. The Morgan fingerprint density at radius 1 is 1.06 bits per heavy atom. The van der Waals surface area contributed by atoms with Crippen molar-refractivity contribution < 1.29 is 4.74 Å². The summed E-state index contributed by atoms with van der Waals surface area (Å²) in [5.41, 5.74) is 3.49. The van der Waals surface area contributed by atoms with Gasteiger partial charge in [-0.2, -0.15) is 0 Å². The highest BCUT2D eigenvalue weighted by atomic mass is 16.5. The van der Waals surface area contributed by atoms with Gasteiger partial charge in [0.25, 0.3) is 0 Å². The van der Waals surface area contributed by atoms with E-state index in [0.29, 0.717) is 6.61 Å². The van der Waals surface area contributed by atoms with E-state index in [2.05, 4.69) is 35.3 Å². The van der Waals surface area contributed by atoms with Crippen molar-refractivity contribution in [3.8, 4) is 16.9 Å². The molecule has 1 aromatic heterocycles. The predicted molar refractivity (Wildman–Crippen MR) is 74.9 cm³/mol. The van der Waals surface area contributed by atoms with Crippen molar-refractivity contribution in [2.45, 2.75) is 6.92 Å². The Hall–Kier alpha value is -2.22. The fourth-order valence-electron chi connectivity index (χ4n) is 2.21. The van der Waals surface area contributed by atoms with E-state index >= 15 is 0 Å². The molecule has 0 fully saturated rings. The summed E-state index contributed by atoms with van der Waals surface area (Å²) in [5, 5.41) is 1.22. The minimum Gasteiger partial charge on any atom is -0.493 e. The molecule has 0 saturated carbocycles. The van der Waals surface area contributed by atoms with Crippen LogP contribution in [-0.4, -0.2) is 11.6 Å². The van der Waals surface area contributed by atoms with Crippen LogP contribution in [0.5, 0.6) is 5.75 Å². The van der Waals surface area contributed by atoms with E-state index in [1.54, 1.807) is 0 Å². The Bertz CT molecular complexity index is 669. The summed E-state index contributed by atoms with van der Waals surface area (Å²) in [6.45, 7) is 2.69. The van der Waals surface area contributed by atoms with Crippen molar-refractivity contribution in [2.24, 2.45) is 0 Å². The molecule has 90 valence electrons. The standard InChI is InChI=1S/C16H15NO/c1-2-18-16-6-4-3-5-14(16)12-7-8-15-13(11-12)9-10-17-15/h3-11,17H,2H2,1H3. The van der Waals surface area contributed by atoms with Crippen molar-refractivity contribution in [2.75, 3.05) is 6.61 Å². The summed E-state index contributed by atoms with van der Waals surface area (Å²) < 4.78 is 5.68. The Balaban J connectivity index is 2.12. The second kappa shape index (κ2) is 4.57. The second-order valence-corrected chi connectivity index (χ2v) is 4.21. The van der Waals surface area contributed by atoms with E-state index in [1.807, 2.05) is 31.3 Å². The van der Waals surface area contributed by atoms with Gasteiger partial charge in [0.2, 0.25) is 0 Å².